The van der Waals surface area contributed by atoms with Gasteiger partial charge < -0.3 is 24.4 Å². The number of esters is 1. The van der Waals surface area contributed by atoms with E-state index in [2.05, 4.69) is 24.4 Å². The summed E-state index contributed by atoms with van der Waals surface area (Å²) in [6.45, 7) is 9.21. The van der Waals surface area contributed by atoms with Crippen LogP contribution in [0.5, 0.6) is 5.75 Å². The summed E-state index contributed by atoms with van der Waals surface area (Å²) in [4.78, 5) is 32.1. The zero-order valence-corrected chi connectivity index (χ0v) is 21.1. The van der Waals surface area contributed by atoms with Crippen LogP contribution in [0.4, 0.5) is 10.5 Å². The average Bonchev–Trinajstić information content (AvgIpc) is 2.69. The van der Waals surface area contributed by atoms with Crippen LogP contribution in [0.1, 0.15) is 44.5 Å². The highest BCUT2D eigenvalue weighted by atomic mass is 35.5. The third-order valence-corrected chi connectivity index (χ3v) is 4.43. The first-order valence-electron chi connectivity index (χ1n) is 10.5. The van der Waals surface area contributed by atoms with E-state index < -0.39 is 17.7 Å². The highest BCUT2D eigenvalue weighted by Gasteiger charge is 2.25. The molecule has 0 saturated carbocycles. The third kappa shape index (κ3) is 8.92. The maximum atomic E-state index is 12.8. The van der Waals surface area contributed by atoms with Crippen molar-refractivity contribution in [1.29, 1.82) is 0 Å². The van der Waals surface area contributed by atoms with Crippen LogP contribution < -0.4 is 19.9 Å². The van der Waals surface area contributed by atoms with Crippen molar-refractivity contribution in [2.24, 2.45) is 4.99 Å². The number of methoxy groups -OCH3 is 1. The number of ether oxygens (including phenoxy) is 3. The largest absolute Gasteiger partial charge is 0.496 e. The SMILES string of the molecule is CCNC(=NCCC[NH+](C)C)OC(=O)c1cc(Cl)c(N(C)C(=O)OC(C)(C)C)cc1OC. The quantitative estimate of drug-likeness (QED) is 0.262. The number of rotatable bonds is 8. The fourth-order valence-electron chi connectivity index (χ4n) is 2.59. The van der Waals surface area contributed by atoms with E-state index in [4.69, 9.17) is 25.8 Å². The van der Waals surface area contributed by atoms with Gasteiger partial charge in [0, 0.05) is 32.6 Å². The zero-order valence-electron chi connectivity index (χ0n) is 20.3. The third-order valence-electron chi connectivity index (χ3n) is 4.13. The number of amidine groups is 1. The van der Waals surface area contributed by atoms with Crippen molar-refractivity contribution in [3.05, 3.63) is 22.7 Å². The fourth-order valence-corrected chi connectivity index (χ4v) is 2.88. The summed E-state index contributed by atoms with van der Waals surface area (Å²) >= 11 is 6.38. The minimum atomic E-state index is -0.673. The Bertz CT molecular complexity index is 821. The molecule has 32 heavy (non-hydrogen) atoms. The van der Waals surface area contributed by atoms with Gasteiger partial charge in [0.1, 0.15) is 16.9 Å². The van der Waals surface area contributed by atoms with Crippen LogP contribution in [-0.4, -0.2) is 71.6 Å². The van der Waals surface area contributed by atoms with Crippen LogP contribution in [0.2, 0.25) is 5.02 Å². The number of carbonyl (C=O) groups excluding carboxylic acids is 2. The molecule has 0 atom stereocenters. The van der Waals surface area contributed by atoms with Crippen molar-refractivity contribution in [2.45, 2.75) is 39.7 Å². The molecule has 0 saturated heterocycles. The molecular formula is C22H36ClN4O5+. The Labute approximate surface area is 195 Å². The second kappa shape index (κ2) is 12.5. The molecule has 0 aromatic heterocycles. The summed E-state index contributed by atoms with van der Waals surface area (Å²) in [5.74, 6) is -0.468. The Morgan fingerprint density at radius 3 is 2.44 bits per heavy atom. The van der Waals surface area contributed by atoms with Crippen LogP contribution in [0.15, 0.2) is 17.1 Å². The zero-order chi connectivity index (χ0) is 24.5. The van der Waals surface area contributed by atoms with Gasteiger partial charge in [-0.05, 0) is 33.8 Å². The Hall–Kier alpha value is -2.52. The molecule has 0 radical (unpaired) electrons. The molecule has 0 unspecified atom stereocenters. The molecule has 2 N–H and O–H groups in total. The predicted octanol–water partition coefficient (Wildman–Crippen LogP) is 2.38. The van der Waals surface area contributed by atoms with Crippen LogP contribution in [-0.2, 0) is 9.47 Å². The number of carbonyl (C=O) groups is 2. The molecule has 10 heteroatoms. The summed E-state index contributed by atoms with van der Waals surface area (Å²) in [6, 6.07) is 3.03. The lowest BCUT2D eigenvalue weighted by Crippen LogP contribution is -3.05. The maximum Gasteiger partial charge on any atom is 0.414 e. The number of quaternary nitrogens is 1. The minimum absolute atomic E-state index is 0.113. The number of aliphatic imine (C=N–C) groups is 1. The standard InChI is InChI=1S/C22H35ClN4O5/c1-9-24-20(25-11-10-12-26(5)6)31-19(28)15-13-16(23)17(14-18(15)30-8)27(7)21(29)32-22(2,3)4/h13-14H,9-12H2,1-8H3,(H,24,25)/p+1. The number of nitrogens with one attached hydrogen (secondary N) is 2. The monoisotopic (exact) mass is 471 g/mol. The normalized spacial score (nSPS) is 11.9. The van der Waals surface area contributed by atoms with Gasteiger partial charge in [-0.2, -0.15) is 0 Å². The Morgan fingerprint density at radius 1 is 1.25 bits per heavy atom. The summed E-state index contributed by atoms with van der Waals surface area (Å²) in [7, 11) is 7.07. The summed E-state index contributed by atoms with van der Waals surface area (Å²) < 4.78 is 16.2. The number of hydrogen-bond acceptors (Lipinski definition) is 6. The molecule has 0 fully saturated rings. The number of nitrogens with zero attached hydrogens (tertiary/aromatic N) is 2. The molecule has 0 bridgehead atoms. The van der Waals surface area contributed by atoms with Crippen molar-refractivity contribution in [3.8, 4) is 5.75 Å². The molecular weight excluding hydrogens is 436 g/mol. The van der Waals surface area contributed by atoms with E-state index in [1.165, 1.54) is 36.1 Å². The molecule has 1 aromatic rings. The first-order chi connectivity index (χ1) is 14.9. The van der Waals surface area contributed by atoms with Crippen LogP contribution >= 0.6 is 11.6 Å². The molecule has 0 aliphatic rings. The average molecular weight is 472 g/mol. The van der Waals surface area contributed by atoms with E-state index >= 15 is 0 Å². The van der Waals surface area contributed by atoms with E-state index in [1.54, 1.807) is 20.8 Å². The van der Waals surface area contributed by atoms with Gasteiger partial charge in [-0.15, -0.1) is 0 Å². The number of benzene rings is 1. The van der Waals surface area contributed by atoms with Gasteiger partial charge in [0.15, 0.2) is 0 Å². The Balaban J connectivity index is 3.08. The first kappa shape index (κ1) is 27.5. The number of hydrogen-bond donors (Lipinski definition) is 2. The molecule has 1 aromatic carbocycles. The number of anilines is 1. The van der Waals surface area contributed by atoms with E-state index in [0.717, 1.165) is 13.0 Å². The maximum absolute atomic E-state index is 12.8. The van der Waals surface area contributed by atoms with Gasteiger partial charge >= 0.3 is 12.1 Å². The predicted molar refractivity (Wildman–Crippen MR) is 126 cm³/mol. The molecule has 1 rings (SSSR count). The van der Waals surface area contributed by atoms with Crippen molar-refractivity contribution in [1.82, 2.24) is 5.32 Å². The molecule has 0 aliphatic carbocycles. The van der Waals surface area contributed by atoms with Crippen LogP contribution in [0.25, 0.3) is 0 Å². The highest BCUT2D eigenvalue weighted by molar-refractivity contribution is 6.34. The lowest BCUT2D eigenvalue weighted by Gasteiger charge is -2.25. The molecule has 1 amide bonds. The van der Waals surface area contributed by atoms with E-state index in [-0.39, 0.29) is 22.4 Å². The Morgan fingerprint density at radius 2 is 1.91 bits per heavy atom. The minimum Gasteiger partial charge on any atom is -0.496 e. The lowest BCUT2D eigenvalue weighted by atomic mass is 10.1. The first-order valence-corrected chi connectivity index (χ1v) is 10.9. The van der Waals surface area contributed by atoms with Crippen LogP contribution in [0, 0.1) is 0 Å². The fraction of sp³-hybridized carbons (Fsp3) is 0.591. The van der Waals surface area contributed by atoms with Crippen molar-refractivity contribution in [2.75, 3.05) is 52.8 Å². The van der Waals surface area contributed by atoms with Gasteiger partial charge in [0.05, 0.1) is 38.5 Å². The smallest absolute Gasteiger partial charge is 0.414 e. The highest BCUT2D eigenvalue weighted by Crippen LogP contribution is 2.34. The molecule has 180 valence electrons. The second-order valence-electron chi connectivity index (χ2n) is 8.46. The van der Waals surface area contributed by atoms with Crippen LogP contribution in [0.3, 0.4) is 0 Å². The molecule has 0 spiro atoms. The van der Waals surface area contributed by atoms with Gasteiger partial charge in [-0.25, -0.2) is 14.6 Å². The van der Waals surface area contributed by atoms with Gasteiger partial charge in [-0.3, -0.25) is 4.90 Å². The van der Waals surface area contributed by atoms with Gasteiger partial charge in [0.25, 0.3) is 6.02 Å². The van der Waals surface area contributed by atoms with Crippen molar-refractivity contribution in [3.63, 3.8) is 0 Å². The van der Waals surface area contributed by atoms with E-state index in [1.807, 2.05) is 6.92 Å². The van der Waals surface area contributed by atoms with Crippen molar-refractivity contribution < 1.29 is 28.7 Å². The summed E-state index contributed by atoms with van der Waals surface area (Å²) in [5.41, 5.74) is -0.218. The second-order valence-corrected chi connectivity index (χ2v) is 8.87. The lowest BCUT2D eigenvalue weighted by molar-refractivity contribution is -0.858. The summed E-state index contributed by atoms with van der Waals surface area (Å²) in [6.07, 6.45) is 0.271. The summed E-state index contributed by atoms with van der Waals surface area (Å²) in [5, 5.41) is 3.12. The topological polar surface area (TPSA) is 93.9 Å². The molecule has 0 heterocycles. The van der Waals surface area contributed by atoms with Gasteiger partial charge in [0.2, 0.25) is 0 Å². The number of amides is 1. The Kier molecular flexibility index (Phi) is 10.7. The van der Waals surface area contributed by atoms with Crippen molar-refractivity contribution >= 4 is 35.4 Å². The van der Waals surface area contributed by atoms with E-state index in [9.17, 15) is 9.59 Å². The number of halogens is 1. The molecule has 0 aliphatic heterocycles. The van der Waals surface area contributed by atoms with E-state index in [0.29, 0.717) is 18.8 Å². The molecule has 9 nitrogen and oxygen atoms in total. The van der Waals surface area contributed by atoms with Gasteiger partial charge in [-0.1, -0.05) is 11.6 Å².